The number of furan rings is 1. The molecule has 0 radical (unpaired) electrons. The van der Waals surface area contributed by atoms with Gasteiger partial charge in [0.05, 0.1) is 22.5 Å². The van der Waals surface area contributed by atoms with Gasteiger partial charge < -0.3 is 14.2 Å². The highest BCUT2D eigenvalue weighted by atomic mass is 16.3. The Kier molecular flexibility index (Phi) is 9.25. The third-order valence-electron chi connectivity index (χ3n) is 16.4. The monoisotopic (exact) mass is 966 g/mol. The molecule has 3 aliphatic rings. The number of nitrogens with zero attached hydrogens (tertiary/aromatic N) is 2. The molecule has 0 saturated carbocycles. The van der Waals surface area contributed by atoms with Gasteiger partial charge in [0.15, 0.2) is 0 Å². The van der Waals surface area contributed by atoms with Gasteiger partial charge in [-0.05, 0) is 139 Å². The molecular weight excluding hydrogens is 921 g/mol. The Bertz CT molecular complexity index is 4480. The van der Waals surface area contributed by atoms with Crippen LogP contribution in [0.1, 0.15) is 22.3 Å². The number of fused-ring (bicyclic) bond motifs is 21. The number of hydrogen-bond donors (Lipinski definition) is 0. The van der Waals surface area contributed by atoms with Crippen LogP contribution in [-0.4, -0.2) is 0 Å². The van der Waals surface area contributed by atoms with E-state index in [9.17, 15) is 0 Å². The average Bonchev–Trinajstić information content (AvgIpc) is 4.18. The van der Waals surface area contributed by atoms with Crippen molar-refractivity contribution < 1.29 is 4.42 Å². The Morgan fingerprint density at radius 3 is 1.62 bits per heavy atom. The summed E-state index contributed by atoms with van der Waals surface area (Å²) in [5, 5.41) is 2.28. The Hall–Kier alpha value is -9.96. The van der Waals surface area contributed by atoms with E-state index in [1.807, 2.05) is 0 Å². The number of hydrogen-bond acceptors (Lipinski definition) is 3. The summed E-state index contributed by atoms with van der Waals surface area (Å²) in [5.74, 6) is 0. The van der Waals surface area contributed by atoms with Crippen LogP contribution >= 0.6 is 0 Å². The zero-order valence-electron chi connectivity index (χ0n) is 41.4. The molecule has 12 aromatic carbocycles. The van der Waals surface area contributed by atoms with E-state index >= 15 is 0 Å². The van der Waals surface area contributed by atoms with Crippen LogP contribution < -0.4 is 9.80 Å². The Balaban J connectivity index is 1.04. The van der Waals surface area contributed by atoms with E-state index in [0.29, 0.717) is 0 Å². The number of anilines is 6. The van der Waals surface area contributed by atoms with E-state index in [2.05, 4.69) is 289 Å². The SMILES string of the molecule is c1ccc(-c2ccc(N(c3ccc4c(c3)C3(c5ccccc5-c5ccccc5-4)c4ccccc4-c4c3ccc3oc5ccccc5c43)c3cccc4c3N(c3ccccc3)c3ccccc3-c3ccccc3-4)cc2)cc1. The van der Waals surface area contributed by atoms with Gasteiger partial charge in [-0.2, -0.15) is 0 Å². The van der Waals surface area contributed by atoms with Gasteiger partial charge >= 0.3 is 0 Å². The van der Waals surface area contributed by atoms with E-state index in [4.69, 9.17) is 4.42 Å². The van der Waals surface area contributed by atoms with Crippen molar-refractivity contribution in [3.8, 4) is 66.8 Å². The summed E-state index contributed by atoms with van der Waals surface area (Å²) < 4.78 is 6.70. The minimum absolute atomic E-state index is 0.746. The third kappa shape index (κ3) is 5.99. The fourth-order valence-corrected chi connectivity index (χ4v) is 13.4. The van der Waals surface area contributed by atoms with Crippen molar-refractivity contribution in [1.82, 2.24) is 0 Å². The maximum atomic E-state index is 6.70. The maximum Gasteiger partial charge on any atom is 0.136 e. The van der Waals surface area contributed by atoms with Crippen LogP contribution in [0, 0.1) is 0 Å². The second-order valence-corrected chi connectivity index (χ2v) is 20.2. The van der Waals surface area contributed by atoms with Gasteiger partial charge in [-0.15, -0.1) is 0 Å². The average molecular weight is 967 g/mol. The molecule has 354 valence electrons. The van der Waals surface area contributed by atoms with E-state index in [1.165, 1.54) is 77.9 Å². The first kappa shape index (κ1) is 42.5. The molecule has 3 heteroatoms. The molecule has 0 amide bonds. The molecule has 1 aliphatic heterocycles. The summed E-state index contributed by atoms with van der Waals surface area (Å²) >= 11 is 0. The molecule has 0 saturated heterocycles. The van der Waals surface area contributed by atoms with Gasteiger partial charge in [0.1, 0.15) is 11.2 Å². The topological polar surface area (TPSA) is 19.6 Å². The largest absolute Gasteiger partial charge is 0.456 e. The van der Waals surface area contributed by atoms with Crippen molar-refractivity contribution in [3.63, 3.8) is 0 Å². The molecule has 16 rings (SSSR count). The predicted molar refractivity (Wildman–Crippen MR) is 315 cm³/mol. The van der Waals surface area contributed by atoms with Crippen LogP contribution in [0.25, 0.3) is 88.7 Å². The third-order valence-corrected chi connectivity index (χ3v) is 16.4. The molecule has 76 heavy (non-hydrogen) atoms. The molecule has 1 aromatic heterocycles. The second kappa shape index (κ2) is 16.5. The quantitative estimate of drug-likeness (QED) is 0.171. The van der Waals surface area contributed by atoms with Crippen molar-refractivity contribution >= 4 is 56.1 Å². The van der Waals surface area contributed by atoms with Crippen molar-refractivity contribution in [3.05, 3.63) is 301 Å². The normalized spacial score (nSPS) is 14.3. The van der Waals surface area contributed by atoms with Gasteiger partial charge in [-0.3, -0.25) is 0 Å². The summed E-state index contributed by atoms with van der Waals surface area (Å²) in [5.41, 5.74) is 26.9. The van der Waals surface area contributed by atoms with E-state index in [-0.39, 0.29) is 0 Å². The lowest BCUT2D eigenvalue weighted by Gasteiger charge is -2.37. The van der Waals surface area contributed by atoms with Crippen LogP contribution in [-0.2, 0) is 5.41 Å². The highest BCUT2D eigenvalue weighted by Crippen LogP contribution is 2.64. The fraction of sp³-hybridized carbons (Fsp3) is 0.0137. The van der Waals surface area contributed by atoms with Gasteiger partial charge in [-0.1, -0.05) is 218 Å². The number of benzene rings is 12. The molecule has 1 unspecified atom stereocenters. The summed E-state index contributed by atoms with van der Waals surface area (Å²) in [6.45, 7) is 0. The van der Waals surface area contributed by atoms with Gasteiger partial charge in [0, 0.05) is 39.0 Å². The van der Waals surface area contributed by atoms with Crippen molar-refractivity contribution in [2.75, 3.05) is 9.80 Å². The number of para-hydroxylation sites is 4. The highest BCUT2D eigenvalue weighted by Gasteiger charge is 2.51. The minimum atomic E-state index is -0.746. The van der Waals surface area contributed by atoms with Crippen LogP contribution in [0.2, 0.25) is 0 Å². The minimum Gasteiger partial charge on any atom is -0.456 e. The molecule has 2 heterocycles. The molecule has 1 atom stereocenters. The predicted octanol–water partition coefficient (Wildman–Crippen LogP) is 19.9. The summed E-state index contributed by atoms with van der Waals surface area (Å²) in [6, 6.07) is 103. The Morgan fingerprint density at radius 2 is 0.868 bits per heavy atom. The summed E-state index contributed by atoms with van der Waals surface area (Å²) in [4.78, 5) is 5.01. The van der Waals surface area contributed by atoms with E-state index in [1.54, 1.807) is 0 Å². The molecule has 0 bridgehead atoms. The van der Waals surface area contributed by atoms with Crippen LogP contribution in [0.4, 0.5) is 34.1 Å². The van der Waals surface area contributed by atoms with Crippen LogP contribution in [0.15, 0.2) is 283 Å². The Labute approximate surface area is 441 Å². The van der Waals surface area contributed by atoms with Crippen LogP contribution in [0.5, 0.6) is 0 Å². The molecular formula is C73H46N2O. The Morgan fingerprint density at radius 1 is 0.329 bits per heavy atom. The lowest BCUT2D eigenvalue weighted by Crippen LogP contribution is -2.29. The smallest absolute Gasteiger partial charge is 0.136 e. The van der Waals surface area contributed by atoms with Crippen molar-refractivity contribution in [1.29, 1.82) is 0 Å². The van der Waals surface area contributed by atoms with Crippen molar-refractivity contribution in [2.45, 2.75) is 5.41 Å². The first-order chi connectivity index (χ1) is 37.7. The van der Waals surface area contributed by atoms with Gasteiger partial charge in [0.25, 0.3) is 0 Å². The lowest BCUT2D eigenvalue weighted by molar-refractivity contribution is 0.668. The molecule has 3 nitrogen and oxygen atoms in total. The molecule has 2 aliphatic carbocycles. The van der Waals surface area contributed by atoms with Gasteiger partial charge in [0.2, 0.25) is 0 Å². The highest BCUT2D eigenvalue weighted by molar-refractivity contribution is 6.16. The zero-order chi connectivity index (χ0) is 49.9. The van der Waals surface area contributed by atoms with Crippen molar-refractivity contribution in [2.24, 2.45) is 0 Å². The molecule has 1 spiro atoms. The fourth-order valence-electron chi connectivity index (χ4n) is 13.4. The lowest BCUT2D eigenvalue weighted by atomic mass is 9.65. The van der Waals surface area contributed by atoms with Crippen LogP contribution in [0.3, 0.4) is 0 Å². The maximum absolute atomic E-state index is 6.70. The van der Waals surface area contributed by atoms with E-state index in [0.717, 1.165) is 67.2 Å². The number of rotatable bonds is 5. The summed E-state index contributed by atoms with van der Waals surface area (Å²) in [7, 11) is 0. The standard InChI is InChI=1S/C73H46N2O/c1-3-20-47(21-4-1)48-38-40-50(41-39-48)74(67-36-19-32-59-55-27-10-9-26-54(55)58-29-13-17-35-66(58)75(72(59)67)49-22-5-2-6-23-49)51-42-43-57-53-25-8-7-24-52(53)56-28-11-15-33-62(56)73(65(57)46-51)63-34-16-12-30-60(63)70-64(73)44-45-69-71(70)61-31-14-18-37-68(61)76-69/h1-46H. The summed E-state index contributed by atoms with van der Waals surface area (Å²) in [6.07, 6.45) is 0. The first-order valence-corrected chi connectivity index (χ1v) is 26.2. The van der Waals surface area contributed by atoms with E-state index < -0.39 is 5.41 Å². The molecule has 0 N–H and O–H groups in total. The van der Waals surface area contributed by atoms with Gasteiger partial charge in [-0.25, -0.2) is 0 Å². The molecule has 0 fully saturated rings. The molecule has 13 aromatic rings. The zero-order valence-corrected chi connectivity index (χ0v) is 41.4. The second-order valence-electron chi connectivity index (χ2n) is 20.2. The first-order valence-electron chi connectivity index (χ1n) is 26.2.